The lowest BCUT2D eigenvalue weighted by Crippen LogP contribution is -2.44. The van der Waals surface area contributed by atoms with Crippen molar-refractivity contribution in [3.8, 4) is 0 Å². The molecule has 31 heavy (non-hydrogen) atoms. The van der Waals surface area contributed by atoms with Crippen LogP contribution in [0.25, 0.3) is 11.0 Å². The van der Waals surface area contributed by atoms with Gasteiger partial charge in [-0.25, -0.2) is 9.13 Å². The number of β-amino-alcohol motifs (C(OH)–C–C–N with tert-alkyl or cyclic N) is 1. The van der Waals surface area contributed by atoms with Gasteiger partial charge in [0.25, 0.3) is 0 Å². The minimum Gasteiger partial charge on any atom is -0.548 e. The number of aliphatic hydroxyl groups excluding tert-OH is 1. The topological polar surface area (TPSA) is 100 Å². The molecule has 0 amide bonds. The molecule has 2 atom stereocenters. The number of anilines is 2. The van der Waals surface area contributed by atoms with Crippen molar-refractivity contribution in [2.45, 2.75) is 18.6 Å². The fourth-order valence-electron chi connectivity index (χ4n) is 4.05. The number of hydrogen-bond donors (Lipinski definition) is 1. The molecule has 0 bridgehead atoms. The second-order valence-electron chi connectivity index (χ2n) is 8.08. The Balaban J connectivity index is 1.59. The molecule has 0 spiro atoms. The summed E-state index contributed by atoms with van der Waals surface area (Å²) in [6, 6.07) is 12.5. The van der Waals surface area contributed by atoms with Crippen LogP contribution in [0.2, 0.25) is 0 Å². The lowest BCUT2D eigenvalue weighted by Gasteiger charge is -2.27. The number of carboxylic acids is 1. The minimum atomic E-state index is -1.18. The lowest BCUT2D eigenvalue weighted by atomic mass is 10.2. The monoisotopic (exact) mass is 422 g/mol. The van der Waals surface area contributed by atoms with E-state index in [1.807, 2.05) is 37.3 Å². The van der Waals surface area contributed by atoms with Gasteiger partial charge < -0.3 is 24.8 Å². The van der Waals surface area contributed by atoms with Crippen LogP contribution >= 0.6 is 0 Å². The summed E-state index contributed by atoms with van der Waals surface area (Å²) in [6.07, 6.45) is -0.515. The molecule has 1 N–H and O–H groups in total. The summed E-state index contributed by atoms with van der Waals surface area (Å²) in [4.78, 5) is 15.0. The molecule has 1 aliphatic heterocycles. The summed E-state index contributed by atoms with van der Waals surface area (Å²) in [7, 11) is 7.92. The zero-order valence-corrected chi connectivity index (χ0v) is 18.1. The van der Waals surface area contributed by atoms with E-state index in [1.54, 1.807) is 29.2 Å². The number of carboxylic acid groups (broad SMARTS) is 1. The van der Waals surface area contributed by atoms with Gasteiger partial charge in [-0.3, -0.25) is 0 Å². The number of hydrogen-bond acceptors (Lipinski definition) is 7. The van der Waals surface area contributed by atoms with Crippen molar-refractivity contribution < 1.29 is 19.6 Å². The van der Waals surface area contributed by atoms with Gasteiger partial charge in [0, 0.05) is 49.6 Å². The van der Waals surface area contributed by atoms with E-state index < -0.39 is 18.1 Å². The summed E-state index contributed by atoms with van der Waals surface area (Å²) < 4.78 is 3.99. The maximum absolute atomic E-state index is 11.3. The van der Waals surface area contributed by atoms with Gasteiger partial charge in [-0.05, 0) is 36.4 Å². The van der Waals surface area contributed by atoms with E-state index in [2.05, 4.69) is 33.3 Å². The normalized spacial score (nSPS) is 18.9. The molecule has 4 rings (SSSR count). The molecular formula is C22H26N6O3. The van der Waals surface area contributed by atoms with E-state index in [-0.39, 0.29) is 13.0 Å². The quantitative estimate of drug-likeness (QED) is 0.492. The standard InChI is InChI=1S/C22H26N6O3/c1-25(2)16-9-10-18-19(11-16)27(4)22(26(18)3)24-23-14-5-7-15(8-6-14)28-13-17(29)12-20(28)21(30)31/h5-11,17,20,29H,12-13H2,1-4H3. The molecule has 9 nitrogen and oxygen atoms in total. The molecule has 9 heteroatoms. The zero-order chi connectivity index (χ0) is 22.3. The smallest absolute Gasteiger partial charge is 0.422 e. The molecule has 2 unspecified atom stereocenters. The Bertz CT molecular complexity index is 1150. The van der Waals surface area contributed by atoms with E-state index in [4.69, 9.17) is 0 Å². The van der Waals surface area contributed by atoms with E-state index >= 15 is 0 Å². The number of nitrogens with zero attached hydrogens (tertiary/aromatic N) is 6. The van der Waals surface area contributed by atoms with Crippen molar-refractivity contribution >= 4 is 40.0 Å². The van der Waals surface area contributed by atoms with Crippen LogP contribution in [0.1, 0.15) is 6.42 Å². The average Bonchev–Trinajstić information content (AvgIpc) is 3.25. The first-order valence-corrected chi connectivity index (χ1v) is 10.1. The zero-order valence-electron chi connectivity index (χ0n) is 18.1. The predicted octanol–water partition coefficient (Wildman–Crippen LogP) is 1.17. The molecule has 162 valence electrons. The highest BCUT2D eigenvalue weighted by atomic mass is 16.4. The first kappa shape index (κ1) is 20.8. The van der Waals surface area contributed by atoms with Gasteiger partial charge in [-0.15, -0.1) is 0 Å². The highest BCUT2D eigenvalue weighted by Crippen LogP contribution is 2.29. The van der Waals surface area contributed by atoms with Crippen molar-refractivity contribution in [3.63, 3.8) is 0 Å². The molecule has 3 aromatic rings. The summed E-state index contributed by atoms with van der Waals surface area (Å²) in [5.41, 5.74) is 4.57. The number of imidazole rings is 1. The van der Waals surface area contributed by atoms with Crippen molar-refractivity contribution in [1.82, 2.24) is 4.57 Å². The Morgan fingerprint density at radius 3 is 2.55 bits per heavy atom. The second kappa shape index (κ2) is 7.99. The Kier molecular flexibility index (Phi) is 5.36. The maximum Gasteiger partial charge on any atom is 0.422 e. The molecule has 0 aliphatic carbocycles. The SMILES string of the molecule is CN(C)c1ccc2c(c1)n(C)c(N=Nc1ccc(N3CC(O)CC3C(=O)[O-])cc1)[n+]2C. The van der Waals surface area contributed by atoms with Crippen LogP contribution in [0.3, 0.4) is 0 Å². The predicted molar refractivity (Wildman–Crippen MR) is 116 cm³/mol. The second-order valence-corrected chi connectivity index (χ2v) is 8.08. The Labute approximate surface area is 180 Å². The third-order valence-electron chi connectivity index (χ3n) is 5.79. The highest BCUT2D eigenvalue weighted by molar-refractivity contribution is 5.79. The van der Waals surface area contributed by atoms with Crippen LogP contribution in [-0.2, 0) is 18.9 Å². The van der Waals surface area contributed by atoms with E-state index in [0.717, 1.165) is 16.7 Å². The van der Waals surface area contributed by atoms with Crippen LogP contribution in [0.4, 0.5) is 23.0 Å². The minimum absolute atomic E-state index is 0.164. The van der Waals surface area contributed by atoms with E-state index in [0.29, 0.717) is 17.3 Å². The summed E-state index contributed by atoms with van der Waals surface area (Å²) in [6.45, 7) is 0.264. The molecule has 0 saturated carbocycles. The number of benzene rings is 2. The van der Waals surface area contributed by atoms with Crippen LogP contribution in [0, 0.1) is 0 Å². The van der Waals surface area contributed by atoms with Crippen LogP contribution in [-0.4, -0.2) is 48.4 Å². The van der Waals surface area contributed by atoms with Gasteiger partial charge in [-0.1, -0.05) is 5.11 Å². The summed E-state index contributed by atoms with van der Waals surface area (Å²) in [5.74, 6) is -0.476. The highest BCUT2D eigenvalue weighted by Gasteiger charge is 2.31. The number of aromatic nitrogens is 2. The fraction of sp³-hybridized carbons (Fsp3) is 0.364. The van der Waals surface area contributed by atoms with Gasteiger partial charge in [0.1, 0.15) is 16.7 Å². The van der Waals surface area contributed by atoms with Crippen LogP contribution in [0.15, 0.2) is 52.7 Å². The van der Waals surface area contributed by atoms with E-state index in [1.165, 1.54) is 0 Å². The molecule has 2 aromatic carbocycles. The Morgan fingerprint density at radius 2 is 1.90 bits per heavy atom. The van der Waals surface area contributed by atoms with Gasteiger partial charge in [0.05, 0.1) is 32.2 Å². The number of aryl methyl sites for hydroxylation is 2. The summed E-state index contributed by atoms with van der Waals surface area (Å²) >= 11 is 0. The third-order valence-corrected chi connectivity index (χ3v) is 5.79. The number of carbonyl (C=O) groups is 1. The van der Waals surface area contributed by atoms with Crippen molar-refractivity contribution in [2.24, 2.45) is 24.3 Å². The Morgan fingerprint density at radius 1 is 1.19 bits per heavy atom. The Hall–Kier alpha value is -3.46. The first-order valence-electron chi connectivity index (χ1n) is 10.1. The molecule has 1 fully saturated rings. The van der Waals surface area contributed by atoms with Gasteiger partial charge >= 0.3 is 5.95 Å². The molecule has 2 heterocycles. The molecule has 0 radical (unpaired) electrons. The average molecular weight is 422 g/mol. The van der Waals surface area contributed by atoms with Crippen LogP contribution in [0.5, 0.6) is 0 Å². The summed E-state index contributed by atoms with van der Waals surface area (Å²) in [5, 5.41) is 30.0. The lowest BCUT2D eigenvalue weighted by molar-refractivity contribution is -0.632. The maximum atomic E-state index is 11.3. The van der Waals surface area contributed by atoms with Gasteiger partial charge in [0.15, 0.2) is 0 Å². The number of carbonyl (C=O) groups excluding carboxylic acids is 1. The fourth-order valence-corrected chi connectivity index (χ4v) is 4.05. The van der Waals surface area contributed by atoms with Crippen molar-refractivity contribution in [2.75, 3.05) is 30.4 Å². The number of aliphatic hydroxyl groups is 1. The first-order chi connectivity index (χ1) is 14.8. The number of aliphatic carboxylic acids is 1. The largest absolute Gasteiger partial charge is 0.548 e. The van der Waals surface area contributed by atoms with Crippen LogP contribution < -0.4 is 19.5 Å². The molecule has 1 saturated heterocycles. The van der Waals surface area contributed by atoms with Crippen molar-refractivity contribution in [1.29, 1.82) is 0 Å². The molecule has 1 aliphatic rings. The number of rotatable bonds is 5. The molecular weight excluding hydrogens is 396 g/mol. The van der Waals surface area contributed by atoms with Crippen molar-refractivity contribution in [3.05, 3.63) is 42.5 Å². The molecule has 1 aromatic heterocycles. The number of fused-ring (bicyclic) bond motifs is 1. The van der Waals surface area contributed by atoms with Gasteiger partial charge in [0.2, 0.25) is 0 Å². The van der Waals surface area contributed by atoms with E-state index in [9.17, 15) is 15.0 Å². The number of azo groups is 1. The van der Waals surface area contributed by atoms with Gasteiger partial charge in [-0.2, -0.15) is 0 Å². The third kappa shape index (κ3) is 3.84.